The molecule has 0 radical (unpaired) electrons. The van der Waals surface area contributed by atoms with E-state index in [2.05, 4.69) is 26.0 Å². The number of hydrogen-bond acceptors (Lipinski definition) is 12. The van der Waals surface area contributed by atoms with Gasteiger partial charge < -0.3 is 39.9 Å². The van der Waals surface area contributed by atoms with Gasteiger partial charge in [-0.05, 0) is 32.1 Å². The molecule has 14 heteroatoms. The second-order valence-electron chi connectivity index (χ2n) is 17.7. The average molecular weight is 907 g/mol. The zero-order valence-corrected chi connectivity index (χ0v) is 39.8. The molecule has 0 aromatic heterocycles. The van der Waals surface area contributed by atoms with Gasteiger partial charge in [0.2, 0.25) is 0 Å². The SMILES string of the molecule is CCCCCCCCCCCCCCCCCCCC/C=C/CCCC(=O)O[C@H](COC(=O)CCCCCCCCCCCC)COP(=O)(O)OC1C(O)C(O)C(O)[C@@H](O)C1O. The van der Waals surface area contributed by atoms with Crippen LogP contribution in [0.1, 0.15) is 226 Å². The Hall–Kier alpha value is -1.41. The second-order valence-corrected chi connectivity index (χ2v) is 19.1. The van der Waals surface area contributed by atoms with Crippen molar-refractivity contribution in [2.75, 3.05) is 13.2 Å². The Balaban J connectivity index is 2.36. The fourth-order valence-corrected chi connectivity index (χ4v) is 8.80. The van der Waals surface area contributed by atoms with Crippen molar-refractivity contribution in [3.8, 4) is 0 Å². The van der Waals surface area contributed by atoms with Crippen molar-refractivity contribution in [2.24, 2.45) is 0 Å². The largest absolute Gasteiger partial charge is 0.472 e. The van der Waals surface area contributed by atoms with Crippen LogP contribution in [0.5, 0.6) is 0 Å². The predicted molar refractivity (Wildman–Crippen MR) is 244 cm³/mol. The van der Waals surface area contributed by atoms with Crippen LogP contribution in [0.25, 0.3) is 0 Å². The van der Waals surface area contributed by atoms with Gasteiger partial charge in [0.1, 0.15) is 43.2 Å². The van der Waals surface area contributed by atoms with Crippen LogP contribution in [0.2, 0.25) is 0 Å². The zero-order valence-electron chi connectivity index (χ0n) is 38.9. The van der Waals surface area contributed by atoms with Gasteiger partial charge in [0.15, 0.2) is 6.10 Å². The lowest BCUT2D eigenvalue weighted by Gasteiger charge is -2.41. The Kier molecular flexibility index (Phi) is 36.7. The molecule has 0 heterocycles. The van der Waals surface area contributed by atoms with Crippen molar-refractivity contribution < 1.29 is 63.1 Å². The van der Waals surface area contributed by atoms with Crippen molar-refractivity contribution in [1.29, 1.82) is 0 Å². The zero-order chi connectivity index (χ0) is 45.7. The van der Waals surface area contributed by atoms with Crippen LogP contribution in [0.3, 0.4) is 0 Å². The van der Waals surface area contributed by atoms with Gasteiger partial charge in [0.05, 0.1) is 6.61 Å². The predicted octanol–water partition coefficient (Wildman–Crippen LogP) is 10.2. The molecular weight excluding hydrogens is 815 g/mol. The van der Waals surface area contributed by atoms with Crippen molar-refractivity contribution >= 4 is 19.8 Å². The van der Waals surface area contributed by atoms with Crippen LogP contribution in [0.4, 0.5) is 0 Å². The highest BCUT2D eigenvalue weighted by Gasteiger charge is 2.51. The Bertz CT molecular complexity index is 1140. The third-order valence-corrected chi connectivity index (χ3v) is 12.8. The normalized spacial score (nSPS) is 21.9. The van der Waals surface area contributed by atoms with E-state index in [0.717, 1.165) is 32.1 Å². The number of aliphatic hydroxyl groups excluding tert-OH is 5. The van der Waals surface area contributed by atoms with Crippen LogP contribution >= 0.6 is 7.82 Å². The molecule has 0 spiro atoms. The molecule has 6 unspecified atom stereocenters. The molecule has 0 aromatic rings. The van der Waals surface area contributed by atoms with Crippen molar-refractivity contribution in [2.45, 2.75) is 268 Å². The first-order valence-electron chi connectivity index (χ1n) is 25.0. The van der Waals surface area contributed by atoms with Gasteiger partial charge in [-0.15, -0.1) is 0 Å². The molecule has 13 nitrogen and oxygen atoms in total. The van der Waals surface area contributed by atoms with Gasteiger partial charge in [0, 0.05) is 12.8 Å². The highest BCUT2D eigenvalue weighted by atomic mass is 31.2. The Morgan fingerprint density at radius 3 is 1.27 bits per heavy atom. The maximum Gasteiger partial charge on any atom is 0.472 e. The average Bonchev–Trinajstić information content (AvgIpc) is 3.25. The fourth-order valence-electron chi connectivity index (χ4n) is 7.82. The van der Waals surface area contributed by atoms with Gasteiger partial charge in [-0.1, -0.05) is 193 Å². The molecule has 62 heavy (non-hydrogen) atoms. The molecule has 1 fully saturated rings. The molecule has 1 saturated carbocycles. The molecule has 6 N–H and O–H groups in total. The van der Waals surface area contributed by atoms with E-state index in [1.54, 1.807) is 0 Å². The van der Waals surface area contributed by atoms with Gasteiger partial charge in [-0.25, -0.2) is 4.57 Å². The Morgan fingerprint density at radius 1 is 0.484 bits per heavy atom. The fraction of sp³-hybridized carbons (Fsp3) is 0.917. The summed E-state index contributed by atoms with van der Waals surface area (Å²) in [7, 11) is -5.12. The minimum atomic E-state index is -5.12. The summed E-state index contributed by atoms with van der Waals surface area (Å²) in [4.78, 5) is 35.6. The minimum absolute atomic E-state index is 0.0540. The number of carbonyl (C=O) groups excluding carboxylic acids is 2. The Labute approximate surface area is 375 Å². The van der Waals surface area contributed by atoms with Crippen molar-refractivity contribution in [1.82, 2.24) is 0 Å². The lowest BCUT2D eigenvalue weighted by atomic mass is 9.85. The number of esters is 2. The lowest BCUT2D eigenvalue weighted by molar-refractivity contribution is -0.220. The van der Waals surface area contributed by atoms with Crippen molar-refractivity contribution in [3.63, 3.8) is 0 Å². The highest BCUT2D eigenvalue weighted by molar-refractivity contribution is 7.47. The molecular formula is C48H91O13P. The number of phosphoric ester groups is 1. The molecule has 0 saturated heterocycles. The summed E-state index contributed by atoms with van der Waals surface area (Å²) < 4.78 is 33.5. The first-order chi connectivity index (χ1) is 29.9. The summed E-state index contributed by atoms with van der Waals surface area (Å²) in [5, 5.41) is 50.1. The minimum Gasteiger partial charge on any atom is -0.462 e. The van der Waals surface area contributed by atoms with Gasteiger partial charge in [0.25, 0.3) is 0 Å². The number of carbonyl (C=O) groups is 2. The van der Waals surface area contributed by atoms with Gasteiger partial charge in [-0.2, -0.15) is 0 Å². The second kappa shape index (κ2) is 38.8. The van der Waals surface area contributed by atoms with Gasteiger partial charge >= 0.3 is 19.8 Å². The van der Waals surface area contributed by atoms with Crippen LogP contribution in [0, 0.1) is 0 Å². The molecule has 8 atom stereocenters. The van der Waals surface area contributed by atoms with Crippen LogP contribution in [-0.2, 0) is 32.7 Å². The first-order valence-corrected chi connectivity index (χ1v) is 26.5. The van der Waals surface area contributed by atoms with E-state index in [0.29, 0.717) is 19.3 Å². The highest BCUT2D eigenvalue weighted by Crippen LogP contribution is 2.47. The Morgan fingerprint density at radius 2 is 0.839 bits per heavy atom. The lowest BCUT2D eigenvalue weighted by Crippen LogP contribution is -2.64. The maximum absolute atomic E-state index is 12.8. The van der Waals surface area contributed by atoms with E-state index in [-0.39, 0.29) is 12.8 Å². The smallest absolute Gasteiger partial charge is 0.462 e. The number of unbranched alkanes of at least 4 members (excludes halogenated alkanes) is 28. The summed E-state index contributed by atoms with van der Waals surface area (Å²) in [6.07, 6.45) is 28.7. The number of allylic oxidation sites excluding steroid dienone is 2. The van der Waals surface area contributed by atoms with E-state index in [1.165, 1.54) is 148 Å². The van der Waals surface area contributed by atoms with Crippen LogP contribution in [-0.4, -0.2) is 98.3 Å². The van der Waals surface area contributed by atoms with E-state index in [4.69, 9.17) is 18.5 Å². The van der Waals surface area contributed by atoms with Gasteiger partial charge in [-0.3, -0.25) is 18.6 Å². The third kappa shape index (κ3) is 30.7. The molecule has 0 amide bonds. The van der Waals surface area contributed by atoms with Crippen LogP contribution < -0.4 is 0 Å². The molecule has 0 bridgehead atoms. The molecule has 0 aromatic carbocycles. The third-order valence-electron chi connectivity index (χ3n) is 11.9. The summed E-state index contributed by atoms with van der Waals surface area (Å²) in [6.45, 7) is 3.28. The maximum atomic E-state index is 12.8. The van der Waals surface area contributed by atoms with E-state index in [9.17, 15) is 44.6 Å². The molecule has 1 aliphatic carbocycles. The first kappa shape index (κ1) is 58.6. The summed E-state index contributed by atoms with van der Waals surface area (Å²) in [6, 6.07) is 0. The standard InChI is InChI=1S/C48H91O13P/c1-3-5-7-9-11-13-15-16-17-18-19-20-21-22-23-24-25-26-27-29-31-33-35-37-42(50)60-40(38-58-41(49)36-34-32-30-28-14-12-10-8-6-4-2)39-59-62(56,57)61-48-46(54)44(52)43(51)45(53)47(48)55/h29,31,40,43-48,51-55H,3-28,30,32-39H2,1-2H3,(H,56,57)/b31-29+/t40-,43?,44-,45?,46?,47?,48?/m1/s1. The van der Waals surface area contributed by atoms with Crippen molar-refractivity contribution in [3.05, 3.63) is 12.2 Å². The monoisotopic (exact) mass is 907 g/mol. The van der Waals surface area contributed by atoms with E-state index in [1.807, 2.05) is 0 Å². The number of phosphoric acid groups is 1. The molecule has 1 rings (SSSR count). The number of rotatable bonds is 42. The van der Waals surface area contributed by atoms with Crippen LogP contribution in [0.15, 0.2) is 12.2 Å². The summed E-state index contributed by atoms with van der Waals surface area (Å²) in [5.74, 6) is -1.13. The number of ether oxygens (including phenoxy) is 2. The number of hydrogen-bond donors (Lipinski definition) is 6. The molecule has 0 aliphatic heterocycles. The molecule has 366 valence electrons. The topological polar surface area (TPSA) is 210 Å². The van der Waals surface area contributed by atoms with E-state index >= 15 is 0 Å². The summed E-state index contributed by atoms with van der Waals surface area (Å²) in [5.41, 5.74) is 0. The molecule has 1 aliphatic rings. The summed E-state index contributed by atoms with van der Waals surface area (Å²) >= 11 is 0. The number of aliphatic hydroxyl groups is 5. The van der Waals surface area contributed by atoms with E-state index < -0.39 is 75.7 Å². The quantitative estimate of drug-likeness (QED) is 0.0146.